The summed E-state index contributed by atoms with van der Waals surface area (Å²) in [5.41, 5.74) is 4.21. The fourth-order valence-corrected chi connectivity index (χ4v) is 3.26. The molecule has 29 heavy (non-hydrogen) atoms. The molecule has 1 aromatic heterocycles. The van der Waals surface area contributed by atoms with Crippen molar-refractivity contribution in [3.63, 3.8) is 0 Å². The predicted octanol–water partition coefficient (Wildman–Crippen LogP) is 3.84. The molecule has 0 aliphatic heterocycles. The Morgan fingerprint density at radius 3 is 2.34 bits per heavy atom. The van der Waals surface area contributed by atoms with Gasteiger partial charge in [-0.3, -0.25) is 4.79 Å². The minimum absolute atomic E-state index is 0.178. The molecule has 1 amide bonds. The maximum atomic E-state index is 12.3. The Hall–Kier alpha value is -3.41. The van der Waals surface area contributed by atoms with Crippen molar-refractivity contribution in [3.05, 3.63) is 59.3 Å². The minimum Gasteiger partial charge on any atom is -0.493 e. The average molecular weight is 394 g/mol. The molecular weight excluding hydrogens is 368 g/mol. The Balaban J connectivity index is 1.68. The molecule has 0 saturated carbocycles. The number of benzene rings is 2. The highest BCUT2D eigenvalue weighted by Crippen LogP contribution is 2.38. The number of nitrogens with one attached hydrogen (secondary N) is 1. The van der Waals surface area contributed by atoms with E-state index in [0.29, 0.717) is 23.8 Å². The topological polar surface area (TPSA) is 61.7 Å². The summed E-state index contributed by atoms with van der Waals surface area (Å²) in [6, 6.07) is 11.9. The van der Waals surface area contributed by atoms with E-state index >= 15 is 0 Å². The van der Waals surface area contributed by atoms with Crippen molar-refractivity contribution >= 4 is 22.9 Å². The van der Waals surface area contributed by atoms with Crippen molar-refractivity contribution in [2.45, 2.75) is 13.5 Å². The molecule has 152 valence electrons. The Kier molecular flexibility index (Phi) is 6.12. The number of ether oxygens (including phenoxy) is 3. The number of hydrogen-bond acceptors (Lipinski definition) is 4. The normalized spacial score (nSPS) is 11.1. The molecule has 0 spiro atoms. The van der Waals surface area contributed by atoms with Crippen molar-refractivity contribution in [3.8, 4) is 17.2 Å². The second-order valence-electron chi connectivity index (χ2n) is 6.75. The zero-order valence-electron chi connectivity index (χ0n) is 17.4. The number of amides is 1. The SMILES string of the molecule is COc1cc(/C=C/C(=O)NCc2ccc3c(c2)cc(C)n3C)cc(OC)c1OC. The lowest BCUT2D eigenvalue weighted by Crippen LogP contribution is -2.20. The number of nitrogens with zero attached hydrogens (tertiary/aromatic N) is 1. The summed E-state index contributed by atoms with van der Waals surface area (Å²) in [6.45, 7) is 2.54. The van der Waals surface area contributed by atoms with Gasteiger partial charge in [-0.25, -0.2) is 0 Å². The van der Waals surface area contributed by atoms with Crippen LogP contribution in [-0.2, 0) is 18.4 Å². The van der Waals surface area contributed by atoms with E-state index in [9.17, 15) is 4.79 Å². The number of fused-ring (bicyclic) bond motifs is 1. The van der Waals surface area contributed by atoms with Gasteiger partial charge in [0.05, 0.1) is 21.3 Å². The number of rotatable bonds is 7. The fourth-order valence-electron chi connectivity index (χ4n) is 3.26. The maximum absolute atomic E-state index is 12.3. The van der Waals surface area contributed by atoms with Crippen LogP contribution in [-0.4, -0.2) is 31.8 Å². The predicted molar refractivity (Wildman–Crippen MR) is 115 cm³/mol. The molecule has 0 radical (unpaired) electrons. The van der Waals surface area contributed by atoms with Crippen LogP contribution in [0, 0.1) is 6.92 Å². The zero-order chi connectivity index (χ0) is 21.0. The van der Waals surface area contributed by atoms with E-state index in [1.165, 1.54) is 22.7 Å². The lowest BCUT2D eigenvalue weighted by atomic mass is 10.1. The second-order valence-corrected chi connectivity index (χ2v) is 6.75. The van der Waals surface area contributed by atoms with Crippen LogP contribution in [0.25, 0.3) is 17.0 Å². The number of aryl methyl sites for hydroxylation is 2. The number of carbonyl (C=O) groups excluding carboxylic acids is 1. The van der Waals surface area contributed by atoms with Gasteiger partial charge in [-0.1, -0.05) is 6.07 Å². The Bertz CT molecular complexity index is 1040. The molecule has 3 rings (SSSR count). The molecule has 6 nitrogen and oxygen atoms in total. The van der Waals surface area contributed by atoms with E-state index in [-0.39, 0.29) is 5.91 Å². The maximum Gasteiger partial charge on any atom is 0.244 e. The van der Waals surface area contributed by atoms with Crippen molar-refractivity contribution in [2.75, 3.05) is 21.3 Å². The van der Waals surface area contributed by atoms with Gasteiger partial charge in [0, 0.05) is 36.3 Å². The molecule has 0 atom stereocenters. The highest BCUT2D eigenvalue weighted by atomic mass is 16.5. The highest BCUT2D eigenvalue weighted by molar-refractivity contribution is 5.92. The van der Waals surface area contributed by atoms with Gasteiger partial charge < -0.3 is 24.1 Å². The van der Waals surface area contributed by atoms with Gasteiger partial charge in [0.15, 0.2) is 11.5 Å². The monoisotopic (exact) mass is 394 g/mol. The van der Waals surface area contributed by atoms with Crippen LogP contribution in [0.1, 0.15) is 16.8 Å². The molecule has 0 saturated heterocycles. The summed E-state index contributed by atoms with van der Waals surface area (Å²) < 4.78 is 18.1. The van der Waals surface area contributed by atoms with Crippen molar-refractivity contribution in [1.29, 1.82) is 0 Å². The lowest BCUT2D eigenvalue weighted by Gasteiger charge is -2.12. The molecule has 0 aliphatic carbocycles. The van der Waals surface area contributed by atoms with Gasteiger partial charge in [0.2, 0.25) is 11.7 Å². The Labute approximate surface area is 170 Å². The largest absolute Gasteiger partial charge is 0.493 e. The first-order valence-electron chi connectivity index (χ1n) is 9.27. The third-order valence-electron chi connectivity index (χ3n) is 4.93. The number of aromatic nitrogens is 1. The summed E-state index contributed by atoms with van der Waals surface area (Å²) >= 11 is 0. The first kappa shape index (κ1) is 20.3. The summed E-state index contributed by atoms with van der Waals surface area (Å²) in [4.78, 5) is 12.3. The van der Waals surface area contributed by atoms with Crippen LogP contribution in [0.2, 0.25) is 0 Å². The number of hydrogen-bond donors (Lipinski definition) is 1. The molecular formula is C23H26N2O4. The van der Waals surface area contributed by atoms with Gasteiger partial charge in [-0.05, 0) is 54.5 Å². The lowest BCUT2D eigenvalue weighted by molar-refractivity contribution is -0.116. The molecule has 0 fully saturated rings. The van der Waals surface area contributed by atoms with Crippen LogP contribution >= 0.6 is 0 Å². The van der Waals surface area contributed by atoms with Gasteiger partial charge in [-0.2, -0.15) is 0 Å². The minimum atomic E-state index is -0.178. The number of methoxy groups -OCH3 is 3. The smallest absolute Gasteiger partial charge is 0.244 e. The van der Waals surface area contributed by atoms with Crippen LogP contribution in [0.3, 0.4) is 0 Å². The van der Waals surface area contributed by atoms with E-state index < -0.39 is 0 Å². The molecule has 0 aliphatic rings. The molecule has 2 aromatic carbocycles. The highest BCUT2D eigenvalue weighted by Gasteiger charge is 2.12. The first-order valence-corrected chi connectivity index (χ1v) is 9.27. The molecule has 0 bridgehead atoms. The van der Waals surface area contributed by atoms with Gasteiger partial charge in [0.1, 0.15) is 0 Å². The molecule has 3 aromatic rings. The van der Waals surface area contributed by atoms with Crippen LogP contribution in [0.5, 0.6) is 17.2 Å². The zero-order valence-corrected chi connectivity index (χ0v) is 17.4. The van der Waals surface area contributed by atoms with E-state index in [1.54, 1.807) is 39.5 Å². The van der Waals surface area contributed by atoms with Crippen molar-refractivity contribution < 1.29 is 19.0 Å². The molecule has 1 N–H and O–H groups in total. The Morgan fingerprint density at radius 2 is 1.72 bits per heavy atom. The Morgan fingerprint density at radius 1 is 1.03 bits per heavy atom. The van der Waals surface area contributed by atoms with E-state index in [2.05, 4.69) is 35.0 Å². The number of carbonyl (C=O) groups is 1. The van der Waals surface area contributed by atoms with E-state index in [1.807, 2.05) is 13.1 Å². The van der Waals surface area contributed by atoms with Crippen LogP contribution in [0.15, 0.2) is 42.5 Å². The van der Waals surface area contributed by atoms with E-state index in [0.717, 1.165) is 11.1 Å². The van der Waals surface area contributed by atoms with Crippen LogP contribution in [0.4, 0.5) is 0 Å². The molecule has 6 heteroatoms. The summed E-state index contributed by atoms with van der Waals surface area (Å²) in [5.74, 6) is 1.42. The fraction of sp³-hybridized carbons (Fsp3) is 0.261. The first-order chi connectivity index (χ1) is 14.0. The van der Waals surface area contributed by atoms with Gasteiger partial charge in [0.25, 0.3) is 0 Å². The summed E-state index contributed by atoms with van der Waals surface area (Å²) in [7, 11) is 6.72. The van der Waals surface area contributed by atoms with Crippen molar-refractivity contribution in [1.82, 2.24) is 9.88 Å². The standard InChI is InChI=1S/C23H26N2O4/c1-15-10-18-11-17(6-8-19(18)25(15)2)14-24-22(26)9-7-16-12-20(27-3)23(29-5)21(13-16)28-4/h6-13H,14H2,1-5H3,(H,24,26)/b9-7+. The molecule has 1 heterocycles. The average Bonchev–Trinajstić information content (AvgIpc) is 3.02. The molecule has 0 unspecified atom stereocenters. The summed E-state index contributed by atoms with van der Waals surface area (Å²) in [5, 5.41) is 4.09. The van der Waals surface area contributed by atoms with Crippen molar-refractivity contribution in [2.24, 2.45) is 7.05 Å². The van der Waals surface area contributed by atoms with Crippen LogP contribution < -0.4 is 19.5 Å². The summed E-state index contributed by atoms with van der Waals surface area (Å²) in [6.07, 6.45) is 3.20. The van der Waals surface area contributed by atoms with E-state index in [4.69, 9.17) is 14.2 Å². The quantitative estimate of drug-likeness (QED) is 0.619. The van der Waals surface area contributed by atoms with Gasteiger partial charge >= 0.3 is 0 Å². The second kappa shape index (κ2) is 8.73. The third-order valence-corrected chi connectivity index (χ3v) is 4.93. The van der Waals surface area contributed by atoms with Gasteiger partial charge in [-0.15, -0.1) is 0 Å². The third kappa shape index (κ3) is 4.37.